The van der Waals surface area contributed by atoms with Crippen molar-refractivity contribution < 1.29 is 35.7 Å². The van der Waals surface area contributed by atoms with Gasteiger partial charge in [0.15, 0.2) is 21.5 Å². The van der Waals surface area contributed by atoms with E-state index in [0.717, 1.165) is 43.2 Å². The van der Waals surface area contributed by atoms with E-state index in [1.165, 1.54) is 32.0 Å². The van der Waals surface area contributed by atoms with Crippen LogP contribution in [0.4, 0.5) is 8.78 Å². The fourth-order valence-electron chi connectivity index (χ4n) is 5.74. The average molecular weight is 681 g/mol. The molecule has 1 aliphatic heterocycles. The second kappa shape index (κ2) is 14.4. The molecule has 2 aliphatic rings. The van der Waals surface area contributed by atoms with Gasteiger partial charge in [0.25, 0.3) is 0 Å². The minimum Gasteiger partial charge on any atom is -0.374 e. The highest BCUT2D eigenvalue weighted by molar-refractivity contribution is 7.93. The molecule has 2 atom stereocenters. The van der Waals surface area contributed by atoms with Gasteiger partial charge >= 0.3 is 0 Å². The molecular weight excluding hydrogens is 639 g/mol. The van der Waals surface area contributed by atoms with E-state index in [0.29, 0.717) is 28.9 Å². The van der Waals surface area contributed by atoms with Crippen molar-refractivity contribution in [3.63, 3.8) is 0 Å². The third kappa shape index (κ3) is 8.26. The SMILES string of the molecule is CCN(CC1=C(c2ccc(S(C)(=O)=O)cc2)S(=O)NC12CCCCC2)C(=O)[C@@H](COCc1ccc(F)c(F)c1)NC(=O)C(C)(C)N. The fraction of sp³-hybridized carbons (Fsp3) is 0.500. The monoisotopic (exact) mass is 680 g/mol. The highest BCUT2D eigenvalue weighted by Gasteiger charge is 2.46. The maximum atomic E-state index is 14.1. The molecule has 0 radical (unpaired) electrons. The lowest BCUT2D eigenvalue weighted by Crippen LogP contribution is -2.58. The van der Waals surface area contributed by atoms with Crippen LogP contribution in [0.25, 0.3) is 4.91 Å². The molecule has 1 spiro atoms. The van der Waals surface area contributed by atoms with Gasteiger partial charge < -0.3 is 20.7 Å². The minimum atomic E-state index is -3.44. The third-order valence-corrected chi connectivity index (χ3v) is 10.9. The van der Waals surface area contributed by atoms with E-state index >= 15 is 0 Å². The number of likely N-dealkylation sites (N-methyl/N-ethyl adjacent to an activating group) is 1. The molecule has 1 heterocycles. The molecule has 0 saturated heterocycles. The highest BCUT2D eigenvalue weighted by atomic mass is 32.2. The van der Waals surface area contributed by atoms with Crippen LogP contribution in [0.2, 0.25) is 0 Å². The van der Waals surface area contributed by atoms with Crippen LogP contribution in [-0.4, -0.2) is 72.4 Å². The summed E-state index contributed by atoms with van der Waals surface area (Å²) < 4.78 is 73.9. The van der Waals surface area contributed by atoms with E-state index in [2.05, 4.69) is 10.0 Å². The third-order valence-electron chi connectivity index (χ3n) is 8.35. The van der Waals surface area contributed by atoms with Crippen LogP contribution in [0.15, 0.2) is 52.9 Å². The minimum absolute atomic E-state index is 0.0960. The number of hydrogen-bond donors (Lipinski definition) is 3. The van der Waals surface area contributed by atoms with Crippen LogP contribution in [0.1, 0.15) is 64.0 Å². The summed E-state index contributed by atoms with van der Waals surface area (Å²) in [5.41, 5.74) is 5.79. The average Bonchev–Trinajstić information content (AvgIpc) is 3.25. The van der Waals surface area contributed by atoms with Crippen LogP contribution in [0.5, 0.6) is 0 Å². The molecule has 10 nitrogen and oxygen atoms in total. The zero-order valence-corrected chi connectivity index (χ0v) is 28.2. The summed E-state index contributed by atoms with van der Waals surface area (Å²) in [4.78, 5) is 29.2. The number of benzene rings is 2. The van der Waals surface area contributed by atoms with Crippen LogP contribution in [0.3, 0.4) is 0 Å². The molecule has 14 heteroatoms. The molecule has 1 saturated carbocycles. The maximum Gasteiger partial charge on any atom is 0.247 e. The standard InChI is InChI=1S/C32H42F2N4O6S2/c1-5-38(29(39)27(36-30(40)31(2,3)35)20-44-19-21-9-14-25(33)26(34)17-21)18-24-28(22-10-12-23(13-11-22)46(4,42)43)45(41)37-32(24)15-7-6-8-16-32/h9-14,17,27,37H,5-8,15-16,18-20,35H2,1-4H3,(H,36,40)/t27-,45?/m1/s1. The Morgan fingerprint density at radius 1 is 1.11 bits per heavy atom. The van der Waals surface area contributed by atoms with Gasteiger partial charge in [0, 0.05) is 19.3 Å². The number of ether oxygens (including phenoxy) is 1. The number of sulfone groups is 1. The van der Waals surface area contributed by atoms with Crippen molar-refractivity contribution in [2.75, 3.05) is 26.0 Å². The number of carbonyl (C=O) groups excluding carboxylic acids is 2. The van der Waals surface area contributed by atoms with E-state index in [1.54, 1.807) is 24.0 Å². The van der Waals surface area contributed by atoms with Gasteiger partial charge in [-0.15, -0.1) is 0 Å². The lowest BCUT2D eigenvalue weighted by molar-refractivity contribution is -0.139. The molecule has 1 unspecified atom stereocenters. The van der Waals surface area contributed by atoms with E-state index in [1.807, 2.05) is 0 Å². The first-order valence-electron chi connectivity index (χ1n) is 15.2. The van der Waals surface area contributed by atoms with Gasteiger partial charge in [-0.2, -0.15) is 0 Å². The van der Waals surface area contributed by atoms with Gasteiger partial charge in [0.05, 0.1) is 34.1 Å². The molecule has 1 aliphatic carbocycles. The quantitative estimate of drug-likeness (QED) is 0.312. The van der Waals surface area contributed by atoms with E-state index < -0.39 is 61.4 Å². The Bertz CT molecular complexity index is 1620. The Balaban J connectivity index is 1.66. The molecular formula is C32H42F2N4O6S2. The normalized spacial score (nSPS) is 18.9. The number of rotatable bonds is 12. The summed E-state index contributed by atoms with van der Waals surface area (Å²) in [5.74, 6) is -3.07. The van der Waals surface area contributed by atoms with Crippen molar-refractivity contribution in [1.29, 1.82) is 0 Å². The van der Waals surface area contributed by atoms with Gasteiger partial charge in [-0.3, -0.25) is 9.59 Å². The Morgan fingerprint density at radius 2 is 1.76 bits per heavy atom. The summed E-state index contributed by atoms with van der Waals surface area (Å²) in [5, 5.41) is 2.68. The largest absolute Gasteiger partial charge is 0.374 e. The van der Waals surface area contributed by atoms with E-state index in [9.17, 15) is 31.0 Å². The topological polar surface area (TPSA) is 148 Å². The zero-order chi connectivity index (χ0) is 33.9. The molecule has 0 aromatic heterocycles. The lowest BCUT2D eigenvalue weighted by atomic mass is 9.76. The summed E-state index contributed by atoms with van der Waals surface area (Å²) in [6.45, 7) is 4.72. The number of hydrogen-bond acceptors (Lipinski definition) is 7. The molecule has 4 rings (SSSR count). The van der Waals surface area contributed by atoms with Crippen LogP contribution >= 0.6 is 0 Å². The smallest absolute Gasteiger partial charge is 0.247 e. The first-order chi connectivity index (χ1) is 21.6. The summed E-state index contributed by atoms with van der Waals surface area (Å²) in [6.07, 6.45) is 5.36. The van der Waals surface area contributed by atoms with Crippen molar-refractivity contribution in [3.05, 3.63) is 70.8 Å². The molecule has 252 valence electrons. The van der Waals surface area contributed by atoms with Gasteiger partial charge in [0.2, 0.25) is 11.8 Å². The van der Waals surface area contributed by atoms with Crippen molar-refractivity contribution in [2.24, 2.45) is 5.73 Å². The van der Waals surface area contributed by atoms with E-state index in [4.69, 9.17) is 10.5 Å². The van der Waals surface area contributed by atoms with Crippen molar-refractivity contribution in [1.82, 2.24) is 14.9 Å². The Kier molecular flexibility index (Phi) is 11.2. The molecule has 4 N–H and O–H groups in total. The number of nitrogens with two attached hydrogens (primary N) is 1. The second-order valence-corrected chi connectivity index (χ2v) is 15.6. The van der Waals surface area contributed by atoms with Crippen LogP contribution in [0, 0.1) is 11.6 Å². The molecule has 46 heavy (non-hydrogen) atoms. The van der Waals surface area contributed by atoms with Crippen LogP contribution in [-0.2, 0) is 41.8 Å². The van der Waals surface area contributed by atoms with Gasteiger partial charge in [0.1, 0.15) is 17.0 Å². The molecule has 2 aromatic carbocycles. The predicted molar refractivity (Wildman–Crippen MR) is 172 cm³/mol. The molecule has 2 amide bonds. The first-order valence-corrected chi connectivity index (χ1v) is 18.2. The molecule has 0 bridgehead atoms. The van der Waals surface area contributed by atoms with Gasteiger partial charge in [-0.1, -0.05) is 37.5 Å². The molecule has 1 fully saturated rings. The Hall–Kier alpha value is -3.04. The zero-order valence-electron chi connectivity index (χ0n) is 26.5. The summed E-state index contributed by atoms with van der Waals surface area (Å²) >= 11 is 0. The van der Waals surface area contributed by atoms with Crippen molar-refractivity contribution >= 4 is 37.5 Å². The number of nitrogens with one attached hydrogen (secondary N) is 2. The summed E-state index contributed by atoms with van der Waals surface area (Å²) in [7, 11) is -5.07. The number of amides is 2. The fourth-order valence-corrected chi connectivity index (χ4v) is 7.98. The maximum absolute atomic E-state index is 14.1. The van der Waals surface area contributed by atoms with Gasteiger partial charge in [-0.25, -0.2) is 26.1 Å². The lowest BCUT2D eigenvalue weighted by Gasteiger charge is -2.38. The predicted octanol–water partition coefficient (Wildman–Crippen LogP) is 3.34. The first kappa shape index (κ1) is 35.8. The number of halogens is 2. The van der Waals surface area contributed by atoms with Crippen molar-refractivity contribution in [3.8, 4) is 0 Å². The van der Waals surface area contributed by atoms with Crippen molar-refractivity contribution in [2.45, 2.75) is 81.5 Å². The second-order valence-electron chi connectivity index (χ2n) is 12.5. The Morgan fingerprint density at radius 3 is 2.33 bits per heavy atom. The van der Waals surface area contributed by atoms with Gasteiger partial charge in [-0.05, 0) is 74.6 Å². The highest BCUT2D eigenvalue weighted by Crippen LogP contribution is 2.44. The van der Waals surface area contributed by atoms with E-state index in [-0.39, 0.29) is 31.2 Å². The van der Waals surface area contributed by atoms with Crippen LogP contribution < -0.4 is 15.8 Å². The molecule has 2 aromatic rings. The number of nitrogens with zero attached hydrogens (tertiary/aromatic N) is 1. The summed E-state index contributed by atoms with van der Waals surface area (Å²) in [6, 6.07) is 8.39. The number of carbonyl (C=O) groups is 2. The Labute approximate surface area is 271 Å².